The molecule has 0 aliphatic carbocycles. The smallest absolute Gasteiger partial charge is 0.251 e. The van der Waals surface area contributed by atoms with Crippen LogP contribution in [0.15, 0.2) is 83.2 Å². The maximum Gasteiger partial charge on any atom is 0.251 e. The summed E-state index contributed by atoms with van der Waals surface area (Å²) < 4.78 is 14.0. The van der Waals surface area contributed by atoms with Crippen molar-refractivity contribution in [2.24, 2.45) is 5.92 Å². The van der Waals surface area contributed by atoms with Gasteiger partial charge in [0, 0.05) is 29.3 Å². The second kappa shape index (κ2) is 12.8. The largest absolute Gasteiger partial charge is 0.392 e. The molecule has 0 radical (unpaired) electrons. The molecule has 7 nitrogen and oxygen atoms in total. The van der Waals surface area contributed by atoms with Crippen LogP contribution in [0, 0.1) is 12.8 Å². The Morgan fingerprint density at radius 2 is 1.64 bits per heavy atom. The Morgan fingerprint density at radius 3 is 2.31 bits per heavy atom. The predicted octanol–water partition coefficient (Wildman–Crippen LogP) is 5.85. The molecule has 0 saturated carbocycles. The highest BCUT2D eigenvalue weighted by atomic mass is 32.2. The normalized spacial score (nSPS) is 21.0. The summed E-state index contributed by atoms with van der Waals surface area (Å²) in [7, 11) is 0. The van der Waals surface area contributed by atoms with E-state index in [1.54, 1.807) is 35.2 Å². The molecule has 1 aliphatic rings. The van der Waals surface area contributed by atoms with Gasteiger partial charge in [-0.25, -0.2) is 0 Å². The molecule has 0 bridgehead atoms. The van der Waals surface area contributed by atoms with Crippen molar-refractivity contribution in [3.8, 4) is 0 Å². The van der Waals surface area contributed by atoms with Gasteiger partial charge in [0.2, 0.25) is 0 Å². The summed E-state index contributed by atoms with van der Waals surface area (Å²) in [6.07, 6.45) is -0.799. The third-order valence-electron chi connectivity index (χ3n) is 6.74. The van der Waals surface area contributed by atoms with Gasteiger partial charge < -0.3 is 19.9 Å². The monoisotopic (exact) mass is 561 g/mol. The quantitative estimate of drug-likeness (QED) is 0.248. The summed E-state index contributed by atoms with van der Waals surface area (Å²) in [5.41, 5.74) is 4.46. The third-order valence-corrected chi connectivity index (χ3v) is 8.80. The van der Waals surface area contributed by atoms with Crippen molar-refractivity contribution in [3.63, 3.8) is 0 Å². The van der Waals surface area contributed by atoms with Crippen LogP contribution in [0.5, 0.6) is 0 Å². The lowest BCUT2D eigenvalue weighted by molar-refractivity contribution is -0.268. The van der Waals surface area contributed by atoms with Crippen molar-refractivity contribution in [3.05, 3.63) is 112 Å². The van der Waals surface area contributed by atoms with Crippen LogP contribution in [0.25, 0.3) is 0 Å². The summed E-state index contributed by atoms with van der Waals surface area (Å²) in [6, 6.07) is 25.1. The molecule has 1 saturated heterocycles. The van der Waals surface area contributed by atoms with Gasteiger partial charge in [-0.05, 0) is 35.7 Å². The molecule has 5 rings (SSSR count). The number of nitrogens with one attached hydrogen (secondary N) is 1. The van der Waals surface area contributed by atoms with E-state index >= 15 is 0 Å². The van der Waals surface area contributed by atoms with Gasteiger partial charge in [0.25, 0.3) is 5.91 Å². The Bertz CT molecular complexity index is 1360. The fraction of sp³-hybridized carbons (Fsp3) is 0.300. The number of hydrogen-bond acceptors (Lipinski definition) is 8. The molecular formula is C30H31N3O4S2. The number of carbonyl (C=O) groups excluding carboxylic acids is 1. The lowest BCUT2D eigenvalue weighted by Crippen LogP contribution is -2.38. The number of nitrogens with zero attached hydrogens (tertiary/aromatic N) is 2. The first-order chi connectivity index (χ1) is 19.0. The fourth-order valence-corrected chi connectivity index (χ4v) is 6.47. The van der Waals surface area contributed by atoms with Crippen LogP contribution in [0.3, 0.4) is 0 Å². The van der Waals surface area contributed by atoms with Gasteiger partial charge in [-0.3, -0.25) is 4.79 Å². The molecule has 4 unspecified atom stereocenters. The maximum atomic E-state index is 12.4. The summed E-state index contributed by atoms with van der Waals surface area (Å²) >= 11 is 3.24. The van der Waals surface area contributed by atoms with Gasteiger partial charge in [0.05, 0.1) is 18.8 Å². The Kier molecular flexibility index (Phi) is 9.06. The number of aliphatic hydroxyl groups excluding tert-OH is 1. The van der Waals surface area contributed by atoms with Crippen molar-refractivity contribution in [2.45, 2.75) is 49.8 Å². The first-order valence-electron chi connectivity index (χ1n) is 12.9. The topological polar surface area (TPSA) is 93.6 Å². The van der Waals surface area contributed by atoms with Crippen LogP contribution in [-0.4, -0.2) is 33.1 Å². The number of benzene rings is 3. The van der Waals surface area contributed by atoms with E-state index in [1.165, 1.54) is 0 Å². The van der Waals surface area contributed by atoms with Gasteiger partial charge in [0.1, 0.15) is 5.01 Å². The summed E-state index contributed by atoms with van der Waals surface area (Å²) in [4.78, 5) is 12.4. The number of thioether (sulfide) groups is 1. The number of aliphatic hydroxyl groups is 1. The molecule has 1 aliphatic heterocycles. The number of amides is 1. The fourth-order valence-electron chi connectivity index (χ4n) is 4.47. The highest BCUT2D eigenvalue weighted by Gasteiger charge is 2.38. The van der Waals surface area contributed by atoms with Gasteiger partial charge in [-0.15, -0.1) is 10.2 Å². The lowest BCUT2D eigenvalue weighted by atomic mass is 9.91. The van der Waals surface area contributed by atoms with Crippen LogP contribution in [-0.2, 0) is 22.6 Å². The average molecular weight is 562 g/mol. The Morgan fingerprint density at radius 1 is 0.949 bits per heavy atom. The number of rotatable bonds is 9. The summed E-state index contributed by atoms with van der Waals surface area (Å²) in [5.74, 6) is 0.716. The van der Waals surface area contributed by atoms with Crippen LogP contribution >= 0.6 is 23.1 Å². The zero-order valence-corrected chi connectivity index (χ0v) is 23.5. The predicted molar refractivity (Wildman–Crippen MR) is 152 cm³/mol. The molecule has 0 spiro atoms. The minimum Gasteiger partial charge on any atom is -0.392 e. The average Bonchev–Trinajstić information content (AvgIpc) is 3.41. The minimum atomic E-state index is -0.543. The molecule has 4 aromatic rings. The van der Waals surface area contributed by atoms with E-state index in [1.807, 2.05) is 73.7 Å². The van der Waals surface area contributed by atoms with Gasteiger partial charge >= 0.3 is 0 Å². The Hall–Kier alpha value is -3.08. The van der Waals surface area contributed by atoms with Crippen LogP contribution < -0.4 is 5.32 Å². The highest BCUT2D eigenvalue weighted by molar-refractivity contribution is 8.01. The Balaban J connectivity index is 1.30. The molecular weight excluding hydrogens is 530 g/mol. The molecule has 3 aromatic carbocycles. The summed E-state index contributed by atoms with van der Waals surface area (Å²) in [5, 5.41) is 21.8. The molecule has 4 atom stereocenters. The molecule has 2 N–H and O–H groups in total. The van der Waals surface area contributed by atoms with Gasteiger partial charge in [0.15, 0.2) is 10.6 Å². The molecule has 1 aromatic heterocycles. The number of ether oxygens (including phenoxy) is 2. The van der Waals surface area contributed by atoms with E-state index in [0.29, 0.717) is 12.1 Å². The third kappa shape index (κ3) is 6.93. The number of aryl methyl sites for hydroxylation is 1. The van der Waals surface area contributed by atoms with Crippen LogP contribution in [0.2, 0.25) is 0 Å². The number of aromatic nitrogens is 2. The zero-order valence-electron chi connectivity index (χ0n) is 21.8. The standard InChI is InChI=1S/C30H31N3O4S2/c1-19-26(18-38-30-33-32-20(2)39-30)36-29(37-27(19)23-12-10-22(17-34)11-13-23)25-14-8-21(9-15-25)16-31-28(35)24-6-4-3-5-7-24/h3-15,19,26-27,29,34H,16-18H2,1-2H3,(H,31,35). The first-order valence-corrected chi connectivity index (χ1v) is 14.7. The number of carbonyl (C=O) groups is 1. The first kappa shape index (κ1) is 27.5. The molecule has 39 heavy (non-hydrogen) atoms. The van der Waals surface area contributed by atoms with Crippen molar-refractivity contribution >= 4 is 29.0 Å². The van der Waals surface area contributed by atoms with Crippen molar-refractivity contribution < 1.29 is 19.4 Å². The Labute approximate surface area is 236 Å². The van der Waals surface area contributed by atoms with E-state index in [9.17, 15) is 9.90 Å². The van der Waals surface area contributed by atoms with E-state index in [-0.39, 0.29) is 30.6 Å². The maximum absolute atomic E-state index is 12.4. The molecule has 2 heterocycles. The molecule has 9 heteroatoms. The van der Waals surface area contributed by atoms with E-state index < -0.39 is 6.29 Å². The molecule has 202 valence electrons. The van der Waals surface area contributed by atoms with Crippen LogP contribution in [0.4, 0.5) is 0 Å². The minimum absolute atomic E-state index is 0.00573. The summed E-state index contributed by atoms with van der Waals surface area (Å²) in [6.45, 7) is 4.54. The SMILES string of the molecule is Cc1nnc(SCC2OC(c3ccc(CNC(=O)c4ccccc4)cc3)OC(c3ccc(CO)cc3)C2C)s1. The highest BCUT2D eigenvalue weighted by Crippen LogP contribution is 2.43. The van der Waals surface area contributed by atoms with Crippen molar-refractivity contribution in [1.82, 2.24) is 15.5 Å². The van der Waals surface area contributed by atoms with Gasteiger partial charge in [-0.1, -0.05) is 96.8 Å². The van der Waals surface area contributed by atoms with Crippen LogP contribution in [0.1, 0.15) is 56.9 Å². The molecule has 1 amide bonds. The van der Waals surface area contributed by atoms with E-state index in [4.69, 9.17) is 9.47 Å². The lowest BCUT2D eigenvalue weighted by Gasteiger charge is -2.41. The van der Waals surface area contributed by atoms with Crippen molar-refractivity contribution in [2.75, 3.05) is 5.75 Å². The second-order valence-corrected chi connectivity index (χ2v) is 12.0. The number of hydrogen-bond donors (Lipinski definition) is 2. The van der Waals surface area contributed by atoms with Crippen molar-refractivity contribution in [1.29, 1.82) is 0 Å². The second-order valence-electron chi connectivity index (χ2n) is 9.51. The van der Waals surface area contributed by atoms with E-state index in [0.717, 1.165) is 37.4 Å². The van der Waals surface area contributed by atoms with E-state index in [2.05, 4.69) is 22.4 Å². The molecule has 1 fully saturated rings. The zero-order chi connectivity index (χ0) is 27.2. The van der Waals surface area contributed by atoms with Gasteiger partial charge in [-0.2, -0.15) is 0 Å².